The summed E-state index contributed by atoms with van der Waals surface area (Å²) in [5.74, 6) is 2.32. The SMILES string of the molecule is CCOc1cccc(CN2C(=O)NC(c3ccccc3)C(c3nc(-c4ccc(OC)cc4)no3)=C2C)c1. The maximum atomic E-state index is 13.3. The molecule has 37 heavy (non-hydrogen) atoms. The van der Waals surface area contributed by atoms with Crippen LogP contribution in [0.1, 0.15) is 36.9 Å². The van der Waals surface area contributed by atoms with Gasteiger partial charge in [0.2, 0.25) is 5.82 Å². The first-order chi connectivity index (χ1) is 18.1. The first-order valence-electron chi connectivity index (χ1n) is 12.1. The Morgan fingerprint density at radius 2 is 1.78 bits per heavy atom. The van der Waals surface area contributed by atoms with E-state index in [1.807, 2.05) is 92.7 Å². The molecule has 0 saturated carbocycles. The van der Waals surface area contributed by atoms with Gasteiger partial charge in [-0.15, -0.1) is 0 Å². The number of carbonyl (C=O) groups is 1. The number of urea groups is 1. The van der Waals surface area contributed by atoms with Crippen LogP contribution in [0.2, 0.25) is 0 Å². The maximum Gasteiger partial charge on any atom is 0.322 e. The molecule has 1 unspecified atom stereocenters. The van der Waals surface area contributed by atoms with Crippen molar-refractivity contribution in [1.29, 1.82) is 0 Å². The number of carbonyl (C=O) groups excluding carboxylic acids is 1. The first-order valence-corrected chi connectivity index (χ1v) is 12.1. The molecule has 0 radical (unpaired) electrons. The van der Waals surface area contributed by atoms with E-state index in [1.165, 1.54) is 0 Å². The third-order valence-electron chi connectivity index (χ3n) is 6.28. The summed E-state index contributed by atoms with van der Waals surface area (Å²) < 4.78 is 16.7. The topological polar surface area (TPSA) is 89.7 Å². The molecule has 188 valence electrons. The van der Waals surface area contributed by atoms with Crippen molar-refractivity contribution in [2.75, 3.05) is 13.7 Å². The number of rotatable bonds is 8. The third-order valence-corrected chi connectivity index (χ3v) is 6.28. The van der Waals surface area contributed by atoms with Crippen molar-refractivity contribution in [3.8, 4) is 22.9 Å². The Bertz CT molecular complexity index is 1410. The van der Waals surface area contributed by atoms with Crippen LogP contribution in [0, 0.1) is 0 Å². The number of aromatic nitrogens is 2. The summed E-state index contributed by atoms with van der Waals surface area (Å²) >= 11 is 0. The summed E-state index contributed by atoms with van der Waals surface area (Å²) in [6, 6.07) is 24.3. The molecule has 5 rings (SSSR count). The van der Waals surface area contributed by atoms with Gasteiger partial charge in [0, 0.05) is 11.3 Å². The highest BCUT2D eigenvalue weighted by Crippen LogP contribution is 2.38. The lowest BCUT2D eigenvalue weighted by Crippen LogP contribution is -2.45. The van der Waals surface area contributed by atoms with E-state index in [0.717, 1.165) is 39.5 Å². The molecular formula is C29H28N4O4. The predicted octanol–water partition coefficient (Wildman–Crippen LogP) is 5.84. The van der Waals surface area contributed by atoms with E-state index >= 15 is 0 Å². The molecule has 2 heterocycles. The van der Waals surface area contributed by atoms with Crippen molar-refractivity contribution >= 4 is 11.6 Å². The monoisotopic (exact) mass is 496 g/mol. The number of ether oxygens (including phenoxy) is 2. The van der Waals surface area contributed by atoms with Gasteiger partial charge >= 0.3 is 6.03 Å². The number of amides is 2. The van der Waals surface area contributed by atoms with Crippen LogP contribution < -0.4 is 14.8 Å². The molecule has 1 aliphatic heterocycles. The first kappa shape index (κ1) is 24.1. The van der Waals surface area contributed by atoms with E-state index < -0.39 is 6.04 Å². The van der Waals surface area contributed by atoms with Crippen LogP contribution >= 0.6 is 0 Å². The second-order valence-electron chi connectivity index (χ2n) is 8.61. The van der Waals surface area contributed by atoms with Gasteiger partial charge in [-0.3, -0.25) is 4.90 Å². The third kappa shape index (κ3) is 5.04. The summed E-state index contributed by atoms with van der Waals surface area (Å²) in [7, 11) is 1.62. The Hall–Kier alpha value is -4.59. The van der Waals surface area contributed by atoms with Crippen molar-refractivity contribution in [1.82, 2.24) is 20.4 Å². The number of allylic oxidation sites excluding steroid dienone is 1. The fourth-order valence-electron chi connectivity index (χ4n) is 4.42. The Labute approximate surface area is 215 Å². The van der Waals surface area contributed by atoms with Gasteiger partial charge in [-0.1, -0.05) is 47.6 Å². The Kier molecular flexibility index (Phi) is 6.89. The number of nitrogens with zero attached hydrogens (tertiary/aromatic N) is 3. The molecule has 0 bridgehead atoms. The lowest BCUT2D eigenvalue weighted by Gasteiger charge is -2.35. The smallest absolute Gasteiger partial charge is 0.322 e. The molecule has 8 nitrogen and oxygen atoms in total. The summed E-state index contributed by atoms with van der Waals surface area (Å²) in [5, 5.41) is 7.37. The van der Waals surface area contributed by atoms with Crippen molar-refractivity contribution in [3.63, 3.8) is 0 Å². The van der Waals surface area contributed by atoms with Gasteiger partial charge in [-0.2, -0.15) is 4.98 Å². The van der Waals surface area contributed by atoms with Gasteiger partial charge < -0.3 is 19.3 Å². The molecule has 8 heteroatoms. The van der Waals surface area contributed by atoms with Crippen LogP contribution in [-0.2, 0) is 6.54 Å². The van der Waals surface area contributed by atoms with Gasteiger partial charge in [0.1, 0.15) is 11.5 Å². The minimum absolute atomic E-state index is 0.202. The van der Waals surface area contributed by atoms with E-state index in [2.05, 4.69) is 10.5 Å². The summed E-state index contributed by atoms with van der Waals surface area (Å²) in [6.45, 7) is 4.79. The second-order valence-corrected chi connectivity index (χ2v) is 8.61. The molecular weight excluding hydrogens is 468 g/mol. The van der Waals surface area contributed by atoms with E-state index in [-0.39, 0.29) is 6.03 Å². The van der Waals surface area contributed by atoms with E-state index in [0.29, 0.717) is 24.9 Å². The van der Waals surface area contributed by atoms with Crippen molar-refractivity contribution in [2.24, 2.45) is 0 Å². The van der Waals surface area contributed by atoms with Crippen LogP contribution in [0.4, 0.5) is 4.79 Å². The standard InChI is InChI=1S/C29H28N4O4/c1-4-36-24-12-8-9-20(17-24)18-33-19(2)25(26(30-29(33)34)21-10-6-5-7-11-21)28-31-27(32-37-28)22-13-15-23(35-3)16-14-22/h5-17,26H,4,18H2,1-3H3,(H,30,34). The largest absolute Gasteiger partial charge is 0.497 e. The molecule has 3 aromatic carbocycles. The fraction of sp³-hybridized carbons (Fsp3) is 0.207. The normalized spacial score (nSPS) is 15.5. The van der Waals surface area contributed by atoms with Gasteiger partial charge in [-0.25, -0.2) is 4.79 Å². The summed E-state index contributed by atoms with van der Waals surface area (Å²) in [5.41, 5.74) is 4.16. The lowest BCUT2D eigenvalue weighted by molar-refractivity contribution is 0.203. The van der Waals surface area contributed by atoms with E-state index in [4.69, 9.17) is 19.0 Å². The molecule has 1 aromatic heterocycles. The number of methoxy groups -OCH3 is 1. The van der Waals surface area contributed by atoms with E-state index in [1.54, 1.807) is 12.0 Å². The Morgan fingerprint density at radius 1 is 1.00 bits per heavy atom. The highest BCUT2D eigenvalue weighted by atomic mass is 16.5. The fourth-order valence-corrected chi connectivity index (χ4v) is 4.42. The van der Waals surface area contributed by atoms with Crippen molar-refractivity contribution in [2.45, 2.75) is 26.4 Å². The van der Waals surface area contributed by atoms with Gasteiger partial charge in [0.25, 0.3) is 5.89 Å². The molecule has 0 spiro atoms. The van der Waals surface area contributed by atoms with Crippen LogP contribution in [0.15, 0.2) is 89.1 Å². The number of benzene rings is 3. The minimum Gasteiger partial charge on any atom is -0.497 e. The predicted molar refractivity (Wildman–Crippen MR) is 140 cm³/mol. The average molecular weight is 497 g/mol. The number of hydrogen-bond acceptors (Lipinski definition) is 6. The van der Waals surface area contributed by atoms with Crippen LogP contribution in [-0.4, -0.2) is 34.8 Å². The highest BCUT2D eigenvalue weighted by Gasteiger charge is 2.35. The maximum absolute atomic E-state index is 13.3. The van der Waals surface area contributed by atoms with Crippen LogP contribution in [0.5, 0.6) is 11.5 Å². The zero-order valence-electron chi connectivity index (χ0n) is 21.0. The molecule has 1 atom stereocenters. The molecule has 0 saturated heterocycles. The Morgan fingerprint density at radius 3 is 2.51 bits per heavy atom. The molecule has 1 aliphatic rings. The number of nitrogens with one attached hydrogen (secondary N) is 1. The van der Waals surface area contributed by atoms with Crippen LogP contribution in [0.25, 0.3) is 17.0 Å². The van der Waals surface area contributed by atoms with Crippen LogP contribution in [0.3, 0.4) is 0 Å². The molecule has 0 fully saturated rings. The molecule has 0 aliphatic carbocycles. The quantitative estimate of drug-likeness (QED) is 0.330. The van der Waals surface area contributed by atoms with Crippen molar-refractivity contribution < 1.29 is 18.8 Å². The van der Waals surface area contributed by atoms with Crippen molar-refractivity contribution in [3.05, 3.63) is 102 Å². The highest BCUT2D eigenvalue weighted by molar-refractivity contribution is 5.86. The summed E-state index contributed by atoms with van der Waals surface area (Å²) in [4.78, 5) is 19.7. The minimum atomic E-state index is -0.441. The average Bonchev–Trinajstić information content (AvgIpc) is 3.41. The summed E-state index contributed by atoms with van der Waals surface area (Å²) in [6.07, 6.45) is 0. The molecule has 1 N–H and O–H groups in total. The van der Waals surface area contributed by atoms with Gasteiger partial charge in [0.15, 0.2) is 0 Å². The zero-order chi connectivity index (χ0) is 25.8. The molecule has 4 aromatic rings. The lowest BCUT2D eigenvalue weighted by atomic mass is 9.94. The molecule has 2 amide bonds. The van der Waals surface area contributed by atoms with E-state index in [9.17, 15) is 4.79 Å². The Balaban J connectivity index is 1.55. The second kappa shape index (κ2) is 10.6. The van der Waals surface area contributed by atoms with Gasteiger partial charge in [0.05, 0.1) is 31.9 Å². The number of hydrogen-bond donors (Lipinski definition) is 1. The zero-order valence-corrected chi connectivity index (χ0v) is 21.0. The van der Waals surface area contributed by atoms with Gasteiger partial charge in [-0.05, 0) is 61.4 Å².